The smallest absolute Gasteiger partial charge is 0.289 e. The zero-order chi connectivity index (χ0) is 21.8. The molecule has 0 atom stereocenters. The number of benzene rings is 1. The average molecular weight is 418 g/mol. The standard InChI is InChI=1S/C21H11F5N2O2/c22-13-5-6-14(23)18-17(13)19(29)11(16(20(18)30)9-1-2-9)7-10-3-4-12(21(24,25)26)15(8-27)28-10/h3-6,9H,1-2,7H2. The number of Topliss-reactive ketones (excluding diaryl/α,β-unsaturated/α-hetero) is 2. The molecule has 1 heterocycles. The molecule has 4 nitrogen and oxygen atoms in total. The number of nitrogens with zero attached hydrogens (tertiary/aromatic N) is 2. The number of alkyl halides is 3. The van der Waals surface area contributed by atoms with E-state index in [1.165, 1.54) is 6.07 Å². The first-order chi connectivity index (χ1) is 14.1. The SMILES string of the molecule is N#Cc1nc(CC2=C(C3CC3)C(=O)c3c(F)ccc(F)c3C2=O)ccc1C(F)(F)F. The summed E-state index contributed by atoms with van der Waals surface area (Å²) in [7, 11) is 0. The highest BCUT2D eigenvalue weighted by molar-refractivity contribution is 6.27. The van der Waals surface area contributed by atoms with E-state index in [4.69, 9.17) is 5.26 Å². The molecule has 0 saturated heterocycles. The van der Waals surface area contributed by atoms with Crippen LogP contribution in [-0.4, -0.2) is 16.6 Å². The molecule has 0 unspecified atom stereocenters. The molecule has 0 bridgehead atoms. The van der Waals surface area contributed by atoms with Crippen LogP contribution in [0.2, 0.25) is 0 Å². The summed E-state index contributed by atoms with van der Waals surface area (Å²) in [6.07, 6.45) is -4.01. The minimum Gasteiger partial charge on any atom is -0.289 e. The first-order valence-electron chi connectivity index (χ1n) is 8.91. The van der Waals surface area contributed by atoms with Gasteiger partial charge in [-0.2, -0.15) is 18.4 Å². The summed E-state index contributed by atoms with van der Waals surface area (Å²) in [4.78, 5) is 29.5. The maximum atomic E-state index is 14.3. The highest BCUT2D eigenvalue weighted by Gasteiger charge is 2.43. The number of rotatable bonds is 3. The Hall–Kier alpha value is -3.41. The molecule has 1 aromatic carbocycles. The number of aromatic nitrogens is 1. The molecule has 9 heteroatoms. The highest BCUT2D eigenvalue weighted by atomic mass is 19.4. The predicted molar refractivity (Wildman–Crippen MR) is 92.4 cm³/mol. The van der Waals surface area contributed by atoms with Gasteiger partial charge in [0.2, 0.25) is 0 Å². The molecule has 0 N–H and O–H groups in total. The van der Waals surface area contributed by atoms with E-state index in [0.717, 1.165) is 18.2 Å². The van der Waals surface area contributed by atoms with Crippen LogP contribution in [0.3, 0.4) is 0 Å². The van der Waals surface area contributed by atoms with E-state index in [-0.39, 0.29) is 29.2 Å². The van der Waals surface area contributed by atoms with Crippen molar-refractivity contribution in [2.24, 2.45) is 5.92 Å². The van der Waals surface area contributed by atoms with Crippen LogP contribution in [0, 0.1) is 28.9 Å². The zero-order valence-corrected chi connectivity index (χ0v) is 15.1. The number of allylic oxidation sites excluding steroid dienone is 2. The number of carbonyl (C=O) groups is 2. The second-order valence-corrected chi connectivity index (χ2v) is 7.09. The number of hydrogen-bond donors (Lipinski definition) is 0. The highest BCUT2D eigenvalue weighted by Crippen LogP contribution is 2.44. The van der Waals surface area contributed by atoms with Crippen molar-refractivity contribution in [1.82, 2.24) is 4.98 Å². The van der Waals surface area contributed by atoms with Crippen molar-refractivity contribution in [2.45, 2.75) is 25.4 Å². The van der Waals surface area contributed by atoms with E-state index in [9.17, 15) is 31.5 Å². The average Bonchev–Trinajstić information content (AvgIpc) is 3.51. The van der Waals surface area contributed by atoms with Crippen molar-refractivity contribution in [3.63, 3.8) is 0 Å². The van der Waals surface area contributed by atoms with Crippen LogP contribution in [0.15, 0.2) is 35.4 Å². The second kappa shape index (κ2) is 6.83. The third kappa shape index (κ3) is 3.18. The summed E-state index contributed by atoms with van der Waals surface area (Å²) in [5, 5.41) is 9.02. The molecular formula is C21H11F5N2O2. The fourth-order valence-corrected chi connectivity index (χ4v) is 3.61. The molecular weight excluding hydrogens is 407 g/mol. The van der Waals surface area contributed by atoms with Crippen LogP contribution in [0.4, 0.5) is 22.0 Å². The van der Waals surface area contributed by atoms with Gasteiger partial charge in [0.1, 0.15) is 17.7 Å². The van der Waals surface area contributed by atoms with Gasteiger partial charge in [-0.25, -0.2) is 13.8 Å². The molecule has 4 rings (SSSR count). The van der Waals surface area contributed by atoms with E-state index in [1.54, 1.807) is 0 Å². The largest absolute Gasteiger partial charge is 0.419 e. The lowest BCUT2D eigenvalue weighted by Gasteiger charge is -2.22. The number of pyridine rings is 1. The van der Waals surface area contributed by atoms with E-state index in [0.29, 0.717) is 18.9 Å². The Kier molecular flexibility index (Phi) is 4.53. The lowest BCUT2D eigenvalue weighted by atomic mass is 9.80. The number of ketones is 2. The van der Waals surface area contributed by atoms with E-state index in [2.05, 4.69) is 4.98 Å². The number of halogens is 5. The van der Waals surface area contributed by atoms with Gasteiger partial charge in [-0.1, -0.05) is 0 Å². The Morgan fingerprint density at radius 3 is 2.13 bits per heavy atom. The van der Waals surface area contributed by atoms with Crippen molar-refractivity contribution in [3.05, 3.63) is 75.1 Å². The van der Waals surface area contributed by atoms with Crippen LogP contribution in [0.25, 0.3) is 0 Å². The van der Waals surface area contributed by atoms with E-state index in [1.807, 2.05) is 0 Å². The second-order valence-electron chi connectivity index (χ2n) is 7.09. The van der Waals surface area contributed by atoms with Crippen LogP contribution in [0.1, 0.15) is 50.5 Å². The third-order valence-corrected chi connectivity index (χ3v) is 5.11. The molecule has 0 aliphatic heterocycles. The van der Waals surface area contributed by atoms with E-state index < -0.39 is 51.8 Å². The quantitative estimate of drug-likeness (QED) is 0.685. The molecule has 1 saturated carbocycles. The van der Waals surface area contributed by atoms with Gasteiger partial charge in [0.25, 0.3) is 0 Å². The molecule has 0 amide bonds. The van der Waals surface area contributed by atoms with Gasteiger partial charge in [-0.05, 0) is 43.0 Å². The Morgan fingerprint density at radius 1 is 1.00 bits per heavy atom. The maximum Gasteiger partial charge on any atom is 0.419 e. The molecule has 2 aliphatic carbocycles. The van der Waals surface area contributed by atoms with Gasteiger partial charge in [0.05, 0.1) is 16.7 Å². The van der Waals surface area contributed by atoms with Crippen LogP contribution >= 0.6 is 0 Å². The Labute approximate surface area is 166 Å². The van der Waals surface area contributed by atoms with Crippen LogP contribution < -0.4 is 0 Å². The van der Waals surface area contributed by atoms with Crippen LogP contribution in [0.5, 0.6) is 0 Å². The molecule has 0 spiro atoms. The molecule has 1 aromatic heterocycles. The molecule has 152 valence electrons. The molecule has 0 radical (unpaired) electrons. The van der Waals surface area contributed by atoms with Gasteiger partial charge in [0.15, 0.2) is 17.3 Å². The summed E-state index contributed by atoms with van der Waals surface area (Å²) in [6, 6.07) is 4.54. The van der Waals surface area contributed by atoms with Gasteiger partial charge in [-0.15, -0.1) is 0 Å². The molecule has 2 aromatic rings. The molecule has 30 heavy (non-hydrogen) atoms. The monoisotopic (exact) mass is 418 g/mol. The summed E-state index contributed by atoms with van der Waals surface area (Å²) < 4.78 is 67.5. The number of carbonyl (C=O) groups excluding carboxylic acids is 2. The first-order valence-corrected chi connectivity index (χ1v) is 8.91. The minimum atomic E-state index is -4.79. The van der Waals surface area contributed by atoms with Gasteiger partial charge in [-0.3, -0.25) is 9.59 Å². The topological polar surface area (TPSA) is 70.8 Å². The summed E-state index contributed by atoms with van der Waals surface area (Å²) >= 11 is 0. The minimum absolute atomic E-state index is 0.0391. The fraction of sp³-hybridized carbons (Fsp3) is 0.238. The maximum absolute atomic E-state index is 14.3. The summed E-state index contributed by atoms with van der Waals surface area (Å²) in [6.45, 7) is 0. The van der Waals surface area contributed by atoms with E-state index >= 15 is 0 Å². The fourth-order valence-electron chi connectivity index (χ4n) is 3.61. The predicted octanol–water partition coefficient (Wildman–Crippen LogP) is 4.58. The van der Waals surface area contributed by atoms with Crippen molar-refractivity contribution in [3.8, 4) is 6.07 Å². The van der Waals surface area contributed by atoms with Crippen LogP contribution in [-0.2, 0) is 12.6 Å². The summed E-state index contributed by atoms with van der Waals surface area (Å²) in [5.74, 6) is -4.08. The number of hydrogen-bond acceptors (Lipinski definition) is 4. The third-order valence-electron chi connectivity index (χ3n) is 5.11. The zero-order valence-electron chi connectivity index (χ0n) is 15.1. The van der Waals surface area contributed by atoms with Crippen molar-refractivity contribution < 1.29 is 31.5 Å². The lowest BCUT2D eigenvalue weighted by molar-refractivity contribution is -0.138. The number of fused-ring (bicyclic) bond motifs is 1. The van der Waals surface area contributed by atoms with Gasteiger partial charge >= 0.3 is 6.18 Å². The van der Waals surface area contributed by atoms with Crippen molar-refractivity contribution in [1.29, 1.82) is 5.26 Å². The normalized spacial score (nSPS) is 16.5. The number of nitriles is 1. The lowest BCUT2D eigenvalue weighted by Crippen LogP contribution is -2.27. The molecule has 1 fully saturated rings. The Balaban J connectivity index is 1.83. The Bertz CT molecular complexity index is 1190. The molecule has 2 aliphatic rings. The van der Waals surface area contributed by atoms with Crippen molar-refractivity contribution in [2.75, 3.05) is 0 Å². The Morgan fingerprint density at radius 2 is 1.60 bits per heavy atom. The first kappa shape index (κ1) is 19.9. The summed E-state index contributed by atoms with van der Waals surface area (Å²) in [5.41, 5.74) is -3.56. The van der Waals surface area contributed by atoms with Gasteiger partial charge in [0, 0.05) is 23.3 Å². The van der Waals surface area contributed by atoms with Gasteiger partial charge < -0.3 is 0 Å². The van der Waals surface area contributed by atoms with Crippen molar-refractivity contribution >= 4 is 11.6 Å².